The van der Waals surface area contributed by atoms with E-state index in [1.165, 1.54) is 51.4 Å². The lowest BCUT2D eigenvalue weighted by atomic mass is 9.90. The summed E-state index contributed by atoms with van der Waals surface area (Å²) in [6.45, 7) is 0. The van der Waals surface area contributed by atoms with E-state index in [1.807, 2.05) is 0 Å². The molecule has 15 heavy (non-hydrogen) atoms. The molecule has 4 fully saturated rings. The molecule has 0 aliphatic carbocycles. The molecular weight excluding hydrogens is 184 g/mol. The molecule has 4 heterocycles. The van der Waals surface area contributed by atoms with Crippen molar-refractivity contribution in [2.45, 2.75) is 81.6 Å². The van der Waals surface area contributed by atoms with Gasteiger partial charge in [-0.1, -0.05) is 6.42 Å². The Morgan fingerprint density at radius 3 is 2.27 bits per heavy atom. The first kappa shape index (κ1) is 9.00. The number of piperidine rings is 1. The van der Waals surface area contributed by atoms with Crippen molar-refractivity contribution in [1.82, 2.24) is 10.2 Å². The monoisotopic (exact) mass is 206 g/mol. The summed E-state index contributed by atoms with van der Waals surface area (Å²) >= 11 is 0. The lowest BCUT2D eigenvalue weighted by Crippen LogP contribution is -2.51. The molecule has 4 bridgehead atoms. The van der Waals surface area contributed by atoms with Crippen LogP contribution >= 0.6 is 0 Å². The summed E-state index contributed by atoms with van der Waals surface area (Å²) in [4.78, 5) is 2.94. The zero-order chi connectivity index (χ0) is 9.83. The van der Waals surface area contributed by atoms with Gasteiger partial charge < -0.3 is 5.32 Å². The maximum Gasteiger partial charge on any atom is 0.0270 e. The molecule has 84 valence electrons. The van der Waals surface area contributed by atoms with E-state index >= 15 is 0 Å². The zero-order valence-electron chi connectivity index (χ0n) is 9.49. The van der Waals surface area contributed by atoms with Gasteiger partial charge in [-0.05, 0) is 44.9 Å². The van der Waals surface area contributed by atoms with E-state index in [-0.39, 0.29) is 0 Å². The van der Waals surface area contributed by atoms with Gasteiger partial charge in [0.2, 0.25) is 0 Å². The largest absolute Gasteiger partial charge is 0.310 e. The average Bonchev–Trinajstić information content (AvgIpc) is 2.91. The minimum atomic E-state index is 0.858. The van der Waals surface area contributed by atoms with Crippen LogP contribution in [0.2, 0.25) is 0 Å². The second-order valence-corrected chi connectivity index (χ2v) is 6.11. The Kier molecular flexibility index (Phi) is 1.92. The quantitative estimate of drug-likeness (QED) is 0.705. The molecule has 0 spiro atoms. The van der Waals surface area contributed by atoms with Crippen LogP contribution in [-0.2, 0) is 0 Å². The summed E-state index contributed by atoms with van der Waals surface area (Å²) in [5.74, 6) is 0. The maximum atomic E-state index is 3.80. The van der Waals surface area contributed by atoms with E-state index in [1.54, 1.807) is 0 Å². The van der Waals surface area contributed by atoms with E-state index in [4.69, 9.17) is 0 Å². The molecular formula is C13H22N2. The van der Waals surface area contributed by atoms with Crippen molar-refractivity contribution in [3.05, 3.63) is 0 Å². The van der Waals surface area contributed by atoms with Crippen molar-refractivity contribution in [2.75, 3.05) is 0 Å². The highest BCUT2D eigenvalue weighted by atomic mass is 15.3. The summed E-state index contributed by atoms with van der Waals surface area (Å²) in [6, 6.07) is 4.59. The van der Waals surface area contributed by atoms with Crippen LogP contribution in [0.25, 0.3) is 0 Å². The molecule has 2 heteroatoms. The van der Waals surface area contributed by atoms with Crippen molar-refractivity contribution in [2.24, 2.45) is 0 Å². The highest BCUT2D eigenvalue weighted by Gasteiger charge is 2.48. The van der Waals surface area contributed by atoms with Gasteiger partial charge in [-0.3, -0.25) is 4.90 Å². The maximum absolute atomic E-state index is 3.80. The highest BCUT2D eigenvalue weighted by Crippen LogP contribution is 2.42. The molecule has 5 atom stereocenters. The SMILES string of the molecule is C1CC2CCC(C1)N2C1CC2CCC1N2. The van der Waals surface area contributed by atoms with Crippen molar-refractivity contribution in [3.8, 4) is 0 Å². The fraction of sp³-hybridized carbons (Fsp3) is 1.00. The van der Waals surface area contributed by atoms with Crippen LogP contribution < -0.4 is 5.32 Å². The summed E-state index contributed by atoms with van der Waals surface area (Å²) in [7, 11) is 0. The van der Waals surface area contributed by atoms with Crippen LogP contribution in [0.3, 0.4) is 0 Å². The molecule has 0 aromatic carbocycles. The molecule has 1 N–H and O–H groups in total. The molecule has 4 aliphatic heterocycles. The van der Waals surface area contributed by atoms with Gasteiger partial charge in [-0.25, -0.2) is 0 Å². The van der Waals surface area contributed by atoms with E-state index in [0.717, 1.165) is 30.2 Å². The Labute approximate surface area is 92.4 Å². The first-order valence-corrected chi connectivity index (χ1v) is 6.95. The molecule has 2 nitrogen and oxygen atoms in total. The third-order valence-corrected chi connectivity index (χ3v) is 5.40. The predicted octanol–water partition coefficient (Wildman–Crippen LogP) is 1.90. The van der Waals surface area contributed by atoms with Crippen LogP contribution in [0.4, 0.5) is 0 Å². The number of rotatable bonds is 1. The molecule has 0 radical (unpaired) electrons. The molecule has 0 aromatic heterocycles. The third kappa shape index (κ3) is 1.24. The van der Waals surface area contributed by atoms with E-state index in [2.05, 4.69) is 10.2 Å². The Hall–Kier alpha value is -0.0800. The second-order valence-electron chi connectivity index (χ2n) is 6.11. The Balaban J connectivity index is 1.57. The van der Waals surface area contributed by atoms with E-state index in [9.17, 15) is 0 Å². The van der Waals surface area contributed by atoms with Gasteiger partial charge in [0.1, 0.15) is 0 Å². The fourth-order valence-electron chi connectivity index (χ4n) is 4.82. The topological polar surface area (TPSA) is 15.3 Å². The van der Waals surface area contributed by atoms with Crippen LogP contribution in [-0.4, -0.2) is 35.1 Å². The van der Waals surface area contributed by atoms with Crippen LogP contribution in [0.15, 0.2) is 0 Å². The lowest BCUT2D eigenvalue weighted by molar-refractivity contribution is 0.0726. The zero-order valence-corrected chi connectivity index (χ0v) is 9.49. The smallest absolute Gasteiger partial charge is 0.0270 e. The minimum absolute atomic E-state index is 0.858. The van der Waals surface area contributed by atoms with Gasteiger partial charge in [0.15, 0.2) is 0 Å². The molecule has 4 saturated heterocycles. The van der Waals surface area contributed by atoms with Crippen molar-refractivity contribution in [3.63, 3.8) is 0 Å². The normalized spacial score (nSPS) is 54.0. The number of hydrogen-bond acceptors (Lipinski definition) is 2. The van der Waals surface area contributed by atoms with Crippen molar-refractivity contribution < 1.29 is 0 Å². The number of fused-ring (bicyclic) bond motifs is 4. The van der Waals surface area contributed by atoms with Crippen LogP contribution in [0.1, 0.15) is 51.4 Å². The molecule has 0 aromatic rings. The second kappa shape index (κ2) is 3.21. The minimum Gasteiger partial charge on any atom is -0.310 e. The van der Waals surface area contributed by atoms with E-state index < -0.39 is 0 Å². The van der Waals surface area contributed by atoms with Crippen LogP contribution in [0.5, 0.6) is 0 Å². The first-order chi connectivity index (χ1) is 7.42. The summed E-state index contributed by atoms with van der Waals surface area (Å²) < 4.78 is 0. The van der Waals surface area contributed by atoms with Crippen LogP contribution in [0, 0.1) is 0 Å². The average molecular weight is 206 g/mol. The molecule has 4 rings (SSSR count). The Bertz CT molecular complexity index is 249. The van der Waals surface area contributed by atoms with Gasteiger partial charge in [-0.2, -0.15) is 0 Å². The summed E-state index contributed by atoms with van der Waals surface area (Å²) in [6.07, 6.45) is 11.8. The van der Waals surface area contributed by atoms with Gasteiger partial charge in [0.05, 0.1) is 0 Å². The standard InChI is InChI=1S/C13H22N2/c1-2-10-5-6-11(3-1)15(10)13-8-9-4-7-12(13)14-9/h9-14H,1-8H2. The van der Waals surface area contributed by atoms with Crippen molar-refractivity contribution in [1.29, 1.82) is 0 Å². The third-order valence-electron chi connectivity index (χ3n) is 5.40. The Morgan fingerprint density at radius 1 is 0.867 bits per heavy atom. The van der Waals surface area contributed by atoms with Gasteiger partial charge >= 0.3 is 0 Å². The van der Waals surface area contributed by atoms with E-state index in [0.29, 0.717) is 0 Å². The molecule has 4 aliphatic rings. The number of nitrogens with zero attached hydrogens (tertiary/aromatic N) is 1. The Morgan fingerprint density at radius 2 is 1.67 bits per heavy atom. The van der Waals surface area contributed by atoms with Gasteiger partial charge in [0.25, 0.3) is 0 Å². The predicted molar refractivity (Wildman–Crippen MR) is 60.9 cm³/mol. The number of nitrogens with one attached hydrogen (secondary N) is 1. The van der Waals surface area contributed by atoms with Crippen molar-refractivity contribution >= 4 is 0 Å². The summed E-state index contributed by atoms with van der Waals surface area (Å²) in [5, 5.41) is 3.80. The molecule has 0 saturated carbocycles. The fourth-order valence-corrected chi connectivity index (χ4v) is 4.82. The molecule has 0 amide bonds. The highest BCUT2D eigenvalue weighted by molar-refractivity contribution is 5.07. The number of hydrogen-bond donors (Lipinski definition) is 1. The van der Waals surface area contributed by atoms with Gasteiger partial charge in [-0.15, -0.1) is 0 Å². The molecule has 5 unspecified atom stereocenters. The van der Waals surface area contributed by atoms with Gasteiger partial charge in [0, 0.05) is 30.2 Å². The summed E-state index contributed by atoms with van der Waals surface area (Å²) in [5.41, 5.74) is 0. The lowest BCUT2D eigenvalue weighted by Gasteiger charge is -2.42. The first-order valence-electron chi connectivity index (χ1n) is 6.95.